The van der Waals surface area contributed by atoms with Crippen molar-refractivity contribution in [1.82, 2.24) is 0 Å². The van der Waals surface area contributed by atoms with Gasteiger partial charge in [0.05, 0.1) is 5.56 Å². The molecule has 1 aromatic heterocycles. The first-order valence-corrected chi connectivity index (χ1v) is 9.00. The lowest BCUT2D eigenvalue weighted by Gasteiger charge is -2.06. The predicted molar refractivity (Wildman–Crippen MR) is 99.9 cm³/mol. The highest BCUT2D eigenvalue weighted by Crippen LogP contribution is 2.38. The number of rotatable bonds is 6. The van der Waals surface area contributed by atoms with E-state index in [2.05, 4.69) is 5.32 Å². The van der Waals surface area contributed by atoms with Crippen LogP contribution in [-0.4, -0.2) is 24.4 Å². The number of anilines is 1. The van der Waals surface area contributed by atoms with E-state index in [1.54, 1.807) is 6.08 Å². The zero-order valence-corrected chi connectivity index (χ0v) is 14.8. The minimum absolute atomic E-state index is 0.381. The second kappa shape index (κ2) is 7.97. The number of aryl methyl sites for hydroxylation is 1. The number of hydrogen-bond donors (Lipinski definition) is 2. The molecule has 0 atom stereocenters. The normalized spacial score (nSPS) is 12.8. The monoisotopic (exact) mass is 370 g/mol. The summed E-state index contributed by atoms with van der Waals surface area (Å²) in [4.78, 5) is 36.5. The second-order valence-corrected chi connectivity index (χ2v) is 6.93. The Morgan fingerprint density at radius 2 is 1.96 bits per heavy atom. The van der Waals surface area contributed by atoms with Gasteiger partial charge in [-0.3, -0.25) is 9.59 Å². The topological polar surface area (TPSA) is 98.5 Å². The summed E-state index contributed by atoms with van der Waals surface area (Å²) >= 11 is 1.36. The lowest BCUT2D eigenvalue weighted by atomic mass is 10.1. The molecule has 0 bridgehead atoms. The lowest BCUT2D eigenvalue weighted by Crippen LogP contribution is -2.22. The van der Waals surface area contributed by atoms with Crippen molar-refractivity contribution < 1.29 is 19.1 Å². The third-order valence-corrected chi connectivity index (χ3v) is 5.18. The number of ether oxygens (including phenoxy) is 1. The highest BCUT2D eigenvalue weighted by Gasteiger charge is 2.26. The van der Waals surface area contributed by atoms with E-state index >= 15 is 0 Å². The number of hydrogen-bond acceptors (Lipinski definition) is 5. The van der Waals surface area contributed by atoms with Crippen LogP contribution in [0.1, 0.15) is 32.8 Å². The molecule has 7 heteroatoms. The number of benzene rings is 1. The van der Waals surface area contributed by atoms with Crippen LogP contribution in [0.5, 0.6) is 0 Å². The molecule has 1 aliphatic rings. The van der Waals surface area contributed by atoms with Crippen molar-refractivity contribution >= 4 is 40.2 Å². The fourth-order valence-electron chi connectivity index (χ4n) is 2.83. The molecule has 2 amide bonds. The quantitative estimate of drug-likeness (QED) is 0.603. The smallest absolute Gasteiger partial charge is 0.331 e. The Balaban J connectivity index is 1.56. The molecule has 1 aromatic carbocycles. The van der Waals surface area contributed by atoms with Crippen LogP contribution in [0.4, 0.5) is 5.00 Å². The summed E-state index contributed by atoms with van der Waals surface area (Å²) in [5, 5.41) is 3.06. The van der Waals surface area contributed by atoms with E-state index in [1.807, 2.05) is 30.3 Å². The van der Waals surface area contributed by atoms with Gasteiger partial charge in [0.1, 0.15) is 5.00 Å². The van der Waals surface area contributed by atoms with Crippen LogP contribution >= 0.6 is 11.3 Å². The minimum Gasteiger partial charge on any atom is -0.452 e. The van der Waals surface area contributed by atoms with Gasteiger partial charge in [-0.25, -0.2) is 4.79 Å². The number of esters is 1. The molecule has 2 aromatic rings. The van der Waals surface area contributed by atoms with E-state index in [0.29, 0.717) is 10.6 Å². The SMILES string of the molecule is NC(=O)c1c(NC(=O)COC(=O)C=Cc2ccccc2)sc2c1CCC2. The Morgan fingerprint density at radius 1 is 1.19 bits per heavy atom. The van der Waals surface area contributed by atoms with Crippen molar-refractivity contribution in [3.05, 3.63) is 58.0 Å². The molecule has 6 nitrogen and oxygen atoms in total. The second-order valence-electron chi connectivity index (χ2n) is 5.83. The summed E-state index contributed by atoms with van der Waals surface area (Å²) < 4.78 is 4.93. The van der Waals surface area contributed by atoms with Crippen LogP contribution in [0.25, 0.3) is 6.08 Å². The van der Waals surface area contributed by atoms with E-state index in [1.165, 1.54) is 17.4 Å². The molecular formula is C19H18N2O4S. The molecular weight excluding hydrogens is 352 g/mol. The predicted octanol–water partition coefficient (Wildman–Crippen LogP) is 2.53. The Hall–Kier alpha value is -2.93. The van der Waals surface area contributed by atoms with Crippen LogP contribution in [0.3, 0.4) is 0 Å². The fraction of sp³-hybridized carbons (Fsp3) is 0.211. The minimum atomic E-state index is -0.618. The molecule has 0 saturated heterocycles. The maximum atomic E-state index is 12.0. The first-order chi connectivity index (χ1) is 12.5. The molecule has 0 saturated carbocycles. The summed E-state index contributed by atoms with van der Waals surface area (Å²) in [5.41, 5.74) is 7.61. The number of carbonyl (C=O) groups excluding carboxylic acids is 3. The van der Waals surface area contributed by atoms with Gasteiger partial charge in [0.15, 0.2) is 6.61 Å². The number of primary amides is 1. The Bertz CT molecular complexity index is 871. The van der Waals surface area contributed by atoms with Crippen molar-refractivity contribution in [2.45, 2.75) is 19.3 Å². The summed E-state index contributed by atoms with van der Waals surface area (Å²) in [7, 11) is 0. The van der Waals surface area contributed by atoms with Crippen molar-refractivity contribution in [3.8, 4) is 0 Å². The lowest BCUT2D eigenvalue weighted by molar-refractivity contribution is -0.142. The van der Waals surface area contributed by atoms with Crippen molar-refractivity contribution in [1.29, 1.82) is 0 Å². The molecule has 1 heterocycles. The molecule has 3 N–H and O–H groups in total. The first-order valence-electron chi connectivity index (χ1n) is 8.18. The molecule has 26 heavy (non-hydrogen) atoms. The zero-order valence-electron chi connectivity index (χ0n) is 14.0. The van der Waals surface area contributed by atoms with E-state index < -0.39 is 24.4 Å². The number of thiophene rings is 1. The highest BCUT2D eigenvalue weighted by atomic mass is 32.1. The van der Waals surface area contributed by atoms with Gasteiger partial charge in [-0.05, 0) is 36.5 Å². The largest absolute Gasteiger partial charge is 0.452 e. The maximum absolute atomic E-state index is 12.0. The van der Waals surface area contributed by atoms with Crippen LogP contribution in [-0.2, 0) is 27.2 Å². The van der Waals surface area contributed by atoms with E-state index in [0.717, 1.165) is 35.3 Å². The van der Waals surface area contributed by atoms with E-state index in [-0.39, 0.29) is 0 Å². The number of nitrogens with two attached hydrogens (primary N) is 1. The number of nitrogens with one attached hydrogen (secondary N) is 1. The van der Waals surface area contributed by atoms with Gasteiger partial charge in [-0.15, -0.1) is 11.3 Å². The van der Waals surface area contributed by atoms with Gasteiger partial charge < -0.3 is 15.8 Å². The van der Waals surface area contributed by atoms with E-state index in [9.17, 15) is 14.4 Å². The van der Waals surface area contributed by atoms with Gasteiger partial charge in [-0.1, -0.05) is 30.3 Å². The van der Waals surface area contributed by atoms with Crippen molar-refractivity contribution in [2.75, 3.05) is 11.9 Å². The van der Waals surface area contributed by atoms with Crippen LogP contribution in [0.2, 0.25) is 0 Å². The molecule has 134 valence electrons. The molecule has 0 unspecified atom stereocenters. The fourth-order valence-corrected chi connectivity index (χ4v) is 4.14. The summed E-state index contributed by atoms with van der Waals surface area (Å²) in [6.45, 7) is -0.432. The van der Waals surface area contributed by atoms with E-state index in [4.69, 9.17) is 10.5 Å². The van der Waals surface area contributed by atoms with Gasteiger partial charge in [0, 0.05) is 11.0 Å². The Kier molecular flexibility index (Phi) is 5.48. The summed E-state index contributed by atoms with van der Waals surface area (Å²) in [6, 6.07) is 9.27. The van der Waals surface area contributed by atoms with Gasteiger partial charge in [-0.2, -0.15) is 0 Å². The standard InChI is InChI=1S/C19H18N2O4S/c20-18(24)17-13-7-4-8-14(13)26-19(17)21-15(22)11-25-16(23)10-9-12-5-2-1-3-6-12/h1-3,5-6,9-10H,4,7-8,11H2,(H2,20,24)(H,21,22). The third-order valence-electron chi connectivity index (χ3n) is 3.98. The van der Waals surface area contributed by atoms with Crippen LogP contribution in [0, 0.1) is 0 Å². The van der Waals surface area contributed by atoms with Gasteiger partial charge in [0.25, 0.3) is 11.8 Å². The average molecular weight is 370 g/mol. The average Bonchev–Trinajstić information content (AvgIpc) is 3.19. The molecule has 0 radical (unpaired) electrons. The number of fused-ring (bicyclic) bond motifs is 1. The molecule has 0 aliphatic heterocycles. The third kappa shape index (κ3) is 4.18. The van der Waals surface area contributed by atoms with Crippen molar-refractivity contribution in [3.63, 3.8) is 0 Å². The molecule has 3 rings (SSSR count). The molecule has 0 fully saturated rings. The zero-order chi connectivity index (χ0) is 18.5. The summed E-state index contributed by atoms with van der Waals surface area (Å²) in [5.74, 6) is -1.68. The van der Waals surface area contributed by atoms with Crippen molar-refractivity contribution in [2.24, 2.45) is 5.73 Å². The number of amides is 2. The van der Waals surface area contributed by atoms with Gasteiger partial charge >= 0.3 is 5.97 Å². The Morgan fingerprint density at radius 3 is 2.69 bits per heavy atom. The Labute approximate surface area is 154 Å². The van der Waals surface area contributed by atoms with Gasteiger partial charge in [0.2, 0.25) is 0 Å². The van der Waals surface area contributed by atoms with Crippen LogP contribution in [0.15, 0.2) is 36.4 Å². The maximum Gasteiger partial charge on any atom is 0.331 e. The summed E-state index contributed by atoms with van der Waals surface area (Å²) in [6.07, 6.45) is 5.53. The molecule has 1 aliphatic carbocycles. The molecule has 0 spiro atoms. The number of carbonyl (C=O) groups is 3. The highest BCUT2D eigenvalue weighted by molar-refractivity contribution is 7.17. The van der Waals surface area contributed by atoms with Crippen LogP contribution < -0.4 is 11.1 Å². The first kappa shape index (κ1) is 17.9.